The molecule has 39 heavy (non-hydrogen) atoms. The van der Waals surface area contributed by atoms with Crippen molar-refractivity contribution < 1.29 is 9.84 Å². The van der Waals surface area contributed by atoms with Crippen LogP contribution < -0.4 is 15.8 Å². The van der Waals surface area contributed by atoms with Gasteiger partial charge < -0.3 is 20.9 Å². The van der Waals surface area contributed by atoms with Gasteiger partial charge in [-0.05, 0) is 96.7 Å². The third kappa shape index (κ3) is 6.81. The van der Waals surface area contributed by atoms with E-state index in [1.165, 1.54) is 33.4 Å². The maximum absolute atomic E-state index is 10.2. The largest absolute Gasteiger partial charge is 0.490 e. The summed E-state index contributed by atoms with van der Waals surface area (Å²) in [4.78, 5) is 0. The van der Waals surface area contributed by atoms with Crippen molar-refractivity contribution in [3.8, 4) is 16.9 Å². The van der Waals surface area contributed by atoms with E-state index in [4.69, 9.17) is 10.5 Å². The van der Waals surface area contributed by atoms with E-state index in [1.54, 1.807) is 6.92 Å². The second kappa shape index (κ2) is 12.2. The molecule has 3 aromatic rings. The highest BCUT2D eigenvalue weighted by atomic mass is 16.5. The molecular formula is C35H44N2O2. The van der Waals surface area contributed by atoms with Crippen molar-refractivity contribution in [2.45, 2.75) is 85.5 Å². The lowest BCUT2D eigenvalue weighted by Crippen LogP contribution is -2.32. The number of rotatable bonds is 12. The molecule has 0 fully saturated rings. The number of hydrogen-bond donors (Lipinski definition) is 3. The summed E-state index contributed by atoms with van der Waals surface area (Å²) in [5, 5.41) is 13.5. The summed E-state index contributed by atoms with van der Waals surface area (Å²) in [5.74, 6) is 0.958. The van der Waals surface area contributed by atoms with Gasteiger partial charge in [-0.3, -0.25) is 0 Å². The van der Waals surface area contributed by atoms with Gasteiger partial charge in [0, 0.05) is 11.8 Å². The fraction of sp³-hybridized carbons (Fsp3) is 0.371. The van der Waals surface area contributed by atoms with E-state index in [2.05, 4.69) is 88.5 Å². The van der Waals surface area contributed by atoms with E-state index in [0.717, 1.165) is 60.2 Å². The molecule has 0 bridgehead atoms. The molecule has 0 radical (unpaired) electrons. The van der Waals surface area contributed by atoms with Crippen molar-refractivity contribution in [2.75, 3.05) is 0 Å². The van der Waals surface area contributed by atoms with Crippen molar-refractivity contribution in [3.63, 3.8) is 0 Å². The first-order chi connectivity index (χ1) is 18.7. The van der Waals surface area contributed by atoms with Crippen molar-refractivity contribution in [1.82, 2.24) is 5.32 Å². The normalized spacial score (nSPS) is 14.6. The van der Waals surface area contributed by atoms with Gasteiger partial charge in [-0.25, -0.2) is 0 Å². The Labute approximate surface area is 234 Å². The van der Waals surface area contributed by atoms with E-state index >= 15 is 0 Å². The molecule has 1 unspecified atom stereocenters. The van der Waals surface area contributed by atoms with E-state index in [1.807, 2.05) is 18.3 Å². The lowest BCUT2D eigenvalue weighted by Gasteiger charge is -2.21. The molecule has 0 amide bonds. The summed E-state index contributed by atoms with van der Waals surface area (Å²) in [5.41, 5.74) is 16.0. The van der Waals surface area contributed by atoms with Crippen LogP contribution in [-0.4, -0.2) is 11.2 Å². The molecule has 1 heterocycles. The van der Waals surface area contributed by atoms with Gasteiger partial charge in [0.1, 0.15) is 11.5 Å². The van der Waals surface area contributed by atoms with Crippen LogP contribution >= 0.6 is 0 Å². The van der Waals surface area contributed by atoms with Crippen molar-refractivity contribution >= 4 is 17.3 Å². The number of nitrogens with two attached hydrogens (primary N) is 1. The molecule has 3 aromatic carbocycles. The van der Waals surface area contributed by atoms with Crippen LogP contribution in [0.4, 0.5) is 0 Å². The molecule has 206 valence electrons. The van der Waals surface area contributed by atoms with Crippen molar-refractivity contribution in [2.24, 2.45) is 5.73 Å². The molecule has 0 aliphatic carbocycles. The number of nitrogens with one attached hydrogen (secondary N) is 1. The number of aliphatic hydroxyl groups is 1. The molecule has 1 aliphatic rings. The summed E-state index contributed by atoms with van der Waals surface area (Å²) in [6, 6.07) is 19.1. The Balaban J connectivity index is 1.69. The Bertz CT molecular complexity index is 1370. The molecule has 0 aromatic heterocycles. The zero-order chi connectivity index (χ0) is 28.2. The lowest BCUT2D eigenvalue weighted by molar-refractivity contribution is 0.0646. The van der Waals surface area contributed by atoms with Gasteiger partial charge >= 0.3 is 0 Å². The van der Waals surface area contributed by atoms with Crippen molar-refractivity contribution in [3.05, 3.63) is 94.2 Å². The number of allylic oxidation sites excluding steroid dienone is 1. The maximum atomic E-state index is 10.2. The average Bonchev–Trinajstić information content (AvgIpc) is 3.74. The topological polar surface area (TPSA) is 77.4 Å². The SMILES string of the molecule is CCCC(CCC)Oc1ccc(-c2cccc(/C=C(\CC)c3ccc(C(C)(N)O)cc3C)c2C)cc1C1=CN1. The standard InChI is InChI=1S/C35H44N2O2/c1-7-11-29(12-8-2)39-34-18-15-27(21-32(34)33-22-37-33)31-14-10-13-26(24(31)5)20-25(9-3)30-17-16-28(19-23(30)4)35(6,36)38/h10,13-22,29,37-38H,7-9,11-12,36H2,1-6H3/b25-20+. The Morgan fingerprint density at radius 1 is 1.00 bits per heavy atom. The summed E-state index contributed by atoms with van der Waals surface area (Å²) < 4.78 is 6.52. The van der Waals surface area contributed by atoms with Crippen LogP contribution in [0.1, 0.15) is 93.2 Å². The van der Waals surface area contributed by atoms with Gasteiger partial charge in [0.25, 0.3) is 0 Å². The van der Waals surface area contributed by atoms with Crippen molar-refractivity contribution in [1.29, 1.82) is 0 Å². The van der Waals surface area contributed by atoms with Crippen LogP contribution in [0.2, 0.25) is 0 Å². The zero-order valence-corrected chi connectivity index (χ0v) is 24.4. The molecule has 4 heteroatoms. The summed E-state index contributed by atoms with van der Waals surface area (Å²) in [6.45, 7) is 12.5. The highest BCUT2D eigenvalue weighted by Gasteiger charge is 2.20. The summed E-state index contributed by atoms with van der Waals surface area (Å²) in [7, 11) is 0. The number of benzene rings is 3. The highest BCUT2D eigenvalue weighted by molar-refractivity contribution is 5.87. The van der Waals surface area contributed by atoms with Crippen LogP contribution in [-0.2, 0) is 5.72 Å². The molecule has 0 saturated heterocycles. The molecule has 0 spiro atoms. The van der Waals surface area contributed by atoms with E-state index in [9.17, 15) is 5.11 Å². The van der Waals surface area contributed by atoms with Crippen LogP contribution in [0.5, 0.6) is 5.75 Å². The molecule has 4 nitrogen and oxygen atoms in total. The highest BCUT2D eigenvalue weighted by Crippen LogP contribution is 2.37. The molecule has 1 aliphatic heterocycles. The predicted molar refractivity (Wildman–Crippen MR) is 165 cm³/mol. The van der Waals surface area contributed by atoms with Gasteiger partial charge in [-0.15, -0.1) is 0 Å². The molecule has 1 atom stereocenters. The third-order valence-corrected chi connectivity index (χ3v) is 7.63. The molecular weight excluding hydrogens is 480 g/mol. The molecule has 4 N–H and O–H groups in total. The summed E-state index contributed by atoms with van der Waals surface area (Å²) in [6.07, 6.45) is 9.87. The van der Waals surface area contributed by atoms with E-state index < -0.39 is 5.72 Å². The van der Waals surface area contributed by atoms with Crippen LogP contribution in [0.15, 0.2) is 60.8 Å². The Morgan fingerprint density at radius 3 is 2.31 bits per heavy atom. The zero-order valence-electron chi connectivity index (χ0n) is 24.4. The quantitative estimate of drug-likeness (QED) is 0.164. The fourth-order valence-electron chi connectivity index (χ4n) is 5.31. The average molecular weight is 525 g/mol. The van der Waals surface area contributed by atoms with Crippen LogP contribution in [0, 0.1) is 13.8 Å². The Kier molecular flexibility index (Phi) is 8.99. The minimum atomic E-state index is -1.34. The first-order valence-electron chi connectivity index (χ1n) is 14.4. The lowest BCUT2D eigenvalue weighted by atomic mass is 9.90. The third-order valence-electron chi connectivity index (χ3n) is 7.63. The number of aryl methyl sites for hydroxylation is 1. The van der Waals surface area contributed by atoms with Gasteiger partial charge in [0.2, 0.25) is 0 Å². The minimum Gasteiger partial charge on any atom is -0.490 e. The molecule has 0 saturated carbocycles. The van der Waals surface area contributed by atoms with E-state index in [0.29, 0.717) is 0 Å². The van der Waals surface area contributed by atoms with Crippen LogP contribution in [0.3, 0.4) is 0 Å². The predicted octanol–water partition coefficient (Wildman–Crippen LogP) is 8.29. The van der Waals surface area contributed by atoms with Gasteiger partial charge in [-0.2, -0.15) is 0 Å². The summed E-state index contributed by atoms with van der Waals surface area (Å²) >= 11 is 0. The van der Waals surface area contributed by atoms with E-state index in [-0.39, 0.29) is 6.10 Å². The Hall–Kier alpha value is -3.34. The first-order valence-corrected chi connectivity index (χ1v) is 14.4. The minimum absolute atomic E-state index is 0.250. The first kappa shape index (κ1) is 28.7. The monoisotopic (exact) mass is 524 g/mol. The van der Waals surface area contributed by atoms with Gasteiger partial charge in [0.05, 0.1) is 11.8 Å². The second-order valence-electron chi connectivity index (χ2n) is 11.0. The molecule has 4 rings (SSSR count). The number of hydrogen-bond acceptors (Lipinski definition) is 4. The van der Waals surface area contributed by atoms with Crippen LogP contribution in [0.25, 0.3) is 28.5 Å². The second-order valence-corrected chi connectivity index (χ2v) is 11.0. The fourth-order valence-corrected chi connectivity index (χ4v) is 5.31. The van der Waals surface area contributed by atoms with Gasteiger partial charge in [0.15, 0.2) is 0 Å². The number of ether oxygens (including phenoxy) is 1. The van der Waals surface area contributed by atoms with Gasteiger partial charge in [-0.1, -0.05) is 82.2 Å². The maximum Gasteiger partial charge on any atom is 0.136 e. The smallest absolute Gasteiger partial charge is 0.136 e. The Morgan fingerprint density at radius 2 is 1.72 bits per heavy atom.